The average molecular weight is 313 g/mol. The summed E-state index contributed by atoms with van der Waals surface area (Å²) in [5, 5.41) is 40.5. The SMILES string of the molecule is O=C(N[C@H]1[C@H](O)[C@H](O)O[C@@H](CO)[C@H]1O)OCc1ccccc1. The van der Waals surface area contributed by atoms with E-state index in [0.717, 1.165) is 5.56 Å². The zero-order chi connectivity index (χ0) is 16.1. The second-order valence-corrected chi connectivity index (χ2v) is 4.96. The van der Waals surface area contributed by atoms with Gasteiger partial charge in [-0.15, -0.1) is 0 Å². The molecular weight excluding hydrogens is 294 g/mol. The summed E-state index contributed by atoms with van der Waals surface area (Å²) < 4.78 is 9.79. The summed E-state index contributed by atoms with van der Waals surface area (Å²) in [4.78, 5) is 11.7. The Kier molecular flexibility index (Phi) is 5.69. The molecule has 1 aromatic rings. The number of nitrogens with one attached hydrogen (secondary N) is 1. The van der Waals surface area contributed by atoms with Gasteiger partial charge in [0, 0.05) is 0 Å². The Bertz CT molecular complexity index is 483. The van der Waals surface area contributed by atoms with E-state index in [0.29, 0.717) is 0 Å². The van der Waals surface area contributed by atoms with E-state index in [-0.39, 0.29) is 6.61 Å². The second-order valence-electron chi connectivity index (χ2n) is 4.96. The van der Waals surface area contributed by atoms with Gasteiger partial charge in [0.05, 0.1) is 12.6 Å². The number of ether oxygens (including phenoxy) is 2. The van der Waals surface area contributed by atoms with Crippen LogP contribution < -0.4 is 5.32 Å². The molecule has 0 bridgehead atoms. The largest absolute Gasteiger partial charge is 0.445 e. The summed E-state index contributed by atoms with van der Waals surface area (Å²) in [5.74, 6) is 0. The highest BCUT2D eigenvalue weighted by Crippen LogP contribution is 2.19. The molecule has 2 rings (SSSR count). The lowest BCUT2D eigenvalue weighted by molar-refractivity contribution is -0.261. The van der Waals surface area contributed by atoms with Crippen molar-refractivity contribution in [3.05, 3.63) is 35.9 Å². The maximum Gasteiger partial charge on any atom is 0.407 e. The van der Waals surface area contributed by atoms with Gasteiger partial charge < -0.3 is 35.2 Å². The summed E-state index contributed by atoms with van der Waals surface area (Å²) in [7, 11) is 0. The number of carbonyl (C=O) groups is 1. The summed E-state index contributed by atoms with van der Waals surface area (Å²) in [5.41, 5.74) is 0.777. The van der Waals surface area contributed by atoms with Crippen molar-refractivity contribution in [2.24, 2.45) is 0 Å². The normalized spacial score (nSPS) is 31.5. The third-order valence-electron chi connectivity index (χ3n) is 3.40. The summed E-state index contributed by atoms with van der Waals surface area (Å²) >= 11 is 0. The van der Waals surface area contributed by atoms with E-state index in [1.165, 1.54) is 0 Å². The maximum atomic E-state index is 11.7. The molecule has 0 unspecified atom stereocenters. The number of alkyl carbamates (subject to hydrolysis) is 1. The predicted molar refractivity (Wildman–Crippen MR) is 73.5 cm³/mol. The van der Waals surface area contributed by atoms with Gasteiger partial charge in [-0.25, -0.2) is 4.79 Å². The molecule has 1 aliphatic heterocycles. The Hall–Kier alpha value is -1.71. The lowest BCUT2D eigenvalue weighted by Crippen LogP contribution is -2.64. The van der Waals surface area contributed by atoms with E-state index in [2.05, 4.69) is 5.32 Å². The van der Waals surface area contributed by atoms with Crippen LogP contribution in [0.4, 0.5) is 4.79 Å². The van der Waals surface area contributed by atoms with Crippen molar-refractivity contribution in [3.8, 4) is 0 Å². The van der Waals surface area contributed by atoms with Gasteiger partial charge >= 0.3 is 6.09 Å². The van der Waals surface area contributed by atoms with E-state index < -0.39 is 43.3 Å². The number of amides is 1. The Morgan fingerprint density at radius 2 is 1.86 bits per heavy atom. The van der Waals surface area contributed by atoms with Crippen LogP contribution in [0.2, 0.25) is 0 Å². The number of aliphatic hydroxyl groups is 4. The van der Waals surface area contributed by atoms with E-state index in [1.54, 1.807) is 24.3 Å². The molecule has 1 saturated heterocycles. The van der Waals surface area contributed by atoms with Crippen LogP contribution in [0.25, 0.3) is 0 Å². The zero-order valence-corrected chi connectivity index (χ0v) is 11.7. The molecule has 0 saturated carbocycles. The molecule has 1 amide bonds. The van der Waals surface area contributed by atoms with Crippen molar-refractivity contribution in [2.45, 2.75) is 37.3 Å². The predicted octanol–water partition coefficient (Wildman–Crippen LogP) is -1.29. The van der Waals surface area contributed by atoms with Gasteiger partial charge in [-0.05, 0) is 5.56 Å². The monoisotopic (exact) mass is 313 g/mol. The first-order chi connectivity index (χ1) is 10.5. The highest BCUT2D eigenvalue weighted by Gasteiger charge is 2.44. The van der Waals surface area contributed by atoms with Crippen LogP contribution in [0, 0.1) is 0 Å². The van der Waals surface area contributed by atoms with Crippen LogP contribution in [0.5, 0.6) is 0 Å². The molecular formula is C14H19NO7. The minimum Gasteiger partial charge on any atom is -0.445 e. The van der Waals surface area contributed by atoms with Crippen molar-refractivity contribution in [2.75, 3.05) is 6.61 Å². The van der Waals surface area contributed by atoms with Crippen molar-refractivity contribution in [1.82, 2.24) is 5.32 Å². The second kappa shape index (κ2) is 7.52. The molecule has 8 heteroatoms. The Labute approximate surface area is 126 Å². The number of rotatable bonds is 4. The minimum absolute atomic E-state index is 0.0219. The van der Waals surface area contributed by atoms with Gasteiger partial charge in [0.1, 0.15) is 24.9 Å². The molecule has 122 valence electrons. The van der Waals surface area contributed by atoms with E-state index in [4.69, 9.17) is 14.6 Å². The fraction of sp³-hybridized carbons (Fsp3) is 0.500. The van der Waals surface area contributed by atoms with Gasteiger partial charge in [-0.3, -0.25) is 0 Å². The van der Waals surface area contributed by atoms with Crippen LogP contribution in [0.1, 0.15) is 5.56 Å². The average Bonchev–Trinajstić information content (AvgIpc) is 2.54. The maximum absolute atomic E-state index is 11.7. The van der Waals surface area contributed by atoms with E-state index >= 15 is 0 Å². The zero-order valence-electron chi connectivity index (χ0n) is 11.7. The molecule has 0 aromatic heterocycles. The Balaban J connectivity index is 1.91. The van der Waals surface area contributed by atoms with Crippen molar-refractivity contribution >= 4 is 6.09 Å². The van der Waals surface area contributed by atoms with Gasteiger partial charge in [-0.1, -0.05) is 30.3 Å². The first-order valence-corrected chi connectivity index (χ1v) is 6.80. The molecule has 0 spiro atoms. The van der Waals surface area contributed by atoms with Gasteiger partial charge in [-0.2, -0.15) is 0 Å². The quantitative estimate of drug-likeness (QED) is 0.468. The number of aliphatic hydroxyl groups excluding tert-OH is 4. The lowest BCUT2D eigenvalue weighted by Gasteiger charge is -2.40. The highest BCUT2D eigenvalue weighted by atomic mass is 16.6. The molecule has 5 N–H and O–H groups in total. The third-order valence-corrected chi connectivity index (χ3v) is 3.40. The molecule has 1 fully saturated rings. The molecule has 8 nitrogen and oxygen atoms in total. The van der Waals surface area contributed by atoms with E-state index in [1.807, 2.05) is 6.07 Å². The fourth-order valence-corrected chi connectivity index (χ4v) is 2.17. The number of carbonyl (C=O) groups excluding carboxylic acids is 1. The molecule has 0 aliphatic carbocycles. The third kappa shape index (κ3) is 3.93. The topological polar surface area (TPSA) is 128 Å². The van der Waals surface area contributed by atoms with Crippen LogP contribution in [-0.2, 0) is 16.1 Å². The molecule has 0 radical (unpaired) electrons. The van der Waals surface area contributed by atoms with Crippen LogP contribution in [-0.4, -0.2) is 63.8 Å². The van der Waals surface area contributed by atoms with Gasteiger partial charge in [0.2, 0.25) is 0 Å². The van der Waals surface area contributed by atoms with Crippen molar-refractivity contribution < 1.29 is 34.7 Å². The smallest absolute Gasteiger partial charge is 0.407 e. The summed E-state index contributed by atoms with van der Waals surface area (Å²) in [6, 6.07) is 7.75. The molecule has 22 heavy (non-hydrogen) atoms. The summed E-state index contributed by atoms with van der Waals surface area (Å²) in [6.45, 7) is -0.545. The highest BCUT2D eigenvalue weighted by molar-refractivity contribution is 5.67. The first-order valence-electron chi connectivity index (χ1n) is 6.80. The standard InChI is InChI=1S/C14H19NO7/c16-6-9-11(17)10(12(18)13(19)22-9)15-14(20)21-7-8-4-2-1-3-5-8/h1-5,9-13,16-19H,6-7H2,(H,15,20)/t9-,10+,11+,12-,13+/m0/s1. The molecule has 5 atom stereocenters. The molecule has 1 heterocycles. The number of hydrogen-bond donors (Lipinski definition) is 5. The van der Waals surface area contributed by atoms with Crippen LogP contribution in [0.15, 0.2) is 30.3 Å². The number of benzene rings is 1. The van der Waals surface area contributed by atoms with Crippen LogP contribution in [0.3, 0.4) is 0 Å². The minimum atomic E-state index is -1.63. The van der Waals surface area contributed by atoms with Gasteiger partial charge in [0.25, 0.3) is 0 Å². The Morgan fingerprint density at radius 1 is 1.18 bits per heavy atom. The van der Waals surface area contributed by atoms with Crippen molar-refractivity contribution in [1.29, 1.82) is 0 Å². The van der Waals surface area contributed by atoms with Crippen molar-refractivity contribution in [3.63, 3.8) is 0 Å². The van der Waals surface area contributed by atoms with E-state index in [9.17, 15) is 20.1 Å². The first kappa shape index (κ1) is 16.7. The fourth-order valence-electron chi connectivity index (χ4n) is 2.17. The Morgan fingerprint density at radius 3 is 2.50 bits per heavy atom. The molecule has 1 aliphatic rings. The lowest BCUT2D eigenvalue weighted by atomic mass is 9.96. The van der Waals surface area contributed by atoms with Crippen LogP contribution >= 0.6 is 0 Å². The summed E-state index contributed by atoms with van der Waals surface area (Å²) in [6.07, 6.45) is -6.52. The molecule has 1 aromatic carbocycles. The number of hydrogen-bond acceptors (Lipinski definition) is 7. The van der Waals surface area contributed by atoms with Gasteiger partial charge in [0.15, 0.2) is 6.29 Å².